The van der Waals surface area contributed by atoms with E-state index in [0.717, 1.165) is 0 Å². The monoisotopic (exact) mass is 299 g/mol. The van der Waals surface area contributed by atoms with Crippen molar-refractivity contribution in [3.8, 4) is 0 Å². The Bertz CT molecular complexity index is 610. The first-order chi connectivity index (χ1) is 10.2. The van der Waals surface area contributed by atoms with Crippen molar-refractivity contribution in [3.63, 3.8) is 0 Å². The van der Waals surface area contributed by atoms with Gasteiger partial charge in [-0.25, -0.2) is 0 Å². The van der Waals surface area contributed by atoms with Crippen LogP contribution in [-0.4, -0.2) is 35.1 Å². The molecular weight excluding hydrogens is 274 g/mol. The molecule has 1 aliphatic heterocycles. The highest BCUT2D eigenvalue weighted by molar-refractivity contribution is 5.82. The lowest BCUT2D eigenvalue weighted by Gasteiger charge is -2.47. The van der Waals surface area contributed by atoms with Gasteiger partial charge in [0.2, 0.25) is 5.91 Å². The summed E-state index contributed by atoms with van der Waals surface area (Å²) in [5.74, 6) is 0.0788. The van der Waals surface area contributed by atoms with E-state index in [9.17, 15) is 4.79 Å². The maximum Gasteiger partial charge on any atom is 0.249 e. The number of amides is 1. The molecular formula is C19H25NO2. The molecule has 0 N–H and O–H groups in total. The number of rotatable bonds is 1. The van der Waals surface area contributed by atoms with Crippen LogP contribution in [0, 0.1) is 5.41 Å². The van der Waals surface area contributed by atoms with E-state index in [0.29, 0.717) is 0 Å². The van der Waals surface area contributed by atoms with Gasteiger partial charge in [-0.1, -0.05) is 50.3 Å². The van der Waals surface area contributed by atoms with Crippen LogP contribution in [0.4, 0.5) is 0 Å². The van der Waals surface area contributed by atoms with Crippen LogP contribution in [-0.2, 0) is 9.53 Å². The van der Waals surface area contributed by atoms with Crippen LogP contribution >= 0.6 is 0 Å². The molecule has 0 bridgehead atoms. The van der Waals surface area contributed by atoms with Crippen LogP contribution in [0.15, 0.2) is 36.4 Å². The molecule has 3 nitrogen and oxygen atoms in total. The topological polar surface area (TPSA) is 29.5 Å². The molecule has 2 atom stereocenters. The van der Waals surface area contributed by atoms with E-state index >= 15 is 0 Å². The van der Waals surface area contributed by atoms with Gasteiger partial charge >= 0.3 is 0 Å². The van der Waals surface area contributed by atoms with Crippen LogP contribution in [0.3, 0.4) is 0 Å². The molecule has 2 aliphatic rings. The minimum atomic E-state index is -0.206. The van der Waals surface area contributed by atoms with Gasteiger partial charge in [0.1, 0.15) is 6.61 Å². The van der Waals surface area contributed by atoms with Gasteiger partial charge in [-0.15, -0.1) is 0 Å². The van der Waals surface area contributed by atoms with Crippen molar-refractivity contribution in [1.82, 2.24) is 4.90 Å². The third-order valence-corrected chi connectivity index (χ3v) is 4.81. The van der Waals surface area contributed by atoms with Crippen LogP contribution in [0.5, 0.6) is 0 Å². The van der Waals surface area contributed by atoms with E-state index in [-0.39, 0.29) is 35.6 Å². The number of hydrogen-bond acceptors (Lipinski definition) is 2. The number of nitrogens with zero attached hydrogens (tertiary/aromatic N) is 1. The molecule has 1 saturated heterocycles. The van der Waals surface area contributed by atoms with Gasteiger partial charge in [0, 0.05) is 11.0 Å². The Morgan fingerprint density at radius 3 is 2.41 bits per heavy atom. The van der Waals surface area contributed by atoms with E-state index in [1.54, 1.807) is 0 Å². The number of morpholine rings is 1. The zero-order chi connectivity index (χ0) is 16.1. The first-order valence-corrected chi connectivity index (χ1v) is 7.94. The second kappa shape index (κ2) is 4.95. The van der Waals surface area contributed by atoms with E-state index in [1.165, 1.54) is 11.1 Å². The Labute approximate surface area is 133 Å². The van der Waals surface area contributed by atoms with Gasteiger partial charge in [-0.3, -0.25) is 4.79 Å². The summed E-state index contributed by atoms with van der Waals surface area (Å²) in [6, 6.07) is 10.4. The number of carbonyl (C=O) groups excluding carboxylic acids is 1. The van der Waals surface area contributed by atoms with Crippen LogP contribution in [0.2, 0.25) is 0 Å². The summed E-state index contributed by atoms with van der Waals surface area (Å²) in [7, 11) is 0. The third-order valence-electron chi connectivity index (χ3n) is 4.81. The molecule has 118 valence electrons. The van der Waals surface area contributed by atoms with E-state index < -0.39 is 0 Å². The normalized spacial score (nSPS) is 27.6. The maximum absolute atomic E-state index is 12.4. The fourth-order valence-electron chi connectivity index (χ4n) is 3.87. The standard InChI is InChI=1S/C19H25NO2/c1-18(2,3)20-15-11-14(13-9-7-6-8-10-13)19(4,5)17(15)22-12-16(20)21/h6-11,15,17H,12H2,1-5H3. The molecule has 0 spiro atoms. The Hall–Kier alpha value is -1.61. The quantitative estimate of drug-likeness (QED) is 0.794. The van der Waals surface area contributed by atoms with Crippen molar-refractivity contribution in [2.75, 3.05) is 6.61 Å². The molecule has 3 heteroatoms. The Morgan fingerprint density at radius 2 is 1.82 bits per heavy atom. The molecule has 1 aromatic carbocycles. The smallest absolute Gasteiger partial charge is 0.249 e. The molecule has 1 aromatic rings. The van der Waals surface area contributed by atoms with Crippen LogP contribution in [0.25, 0.3) is 5.57 Å². The van der Waals surface area contributed by atoms with Crippen molar-refractivity contribution >= 4 is 11.5 Å². The lowest BCUT2D eigenvalue weighted by Crippen LogP contribution is -2.61. The number of ether oxygens (including phenoxy) is 1. The minimum absolute atomic E-state index is 0.00598. The summed E-state index contributed by atoms with van der Waals surface area (Å²) >= 11 is 0. The first kappa shape index (κ1) is 15.3. The number of fused-ring (bicyclic) bond motifs is 1. The maximum atomic E-state index is 12.4. The van der Waals surface area contributed by atoms with E-state index in [1.807, 2.05) is 11.0 Å². The van der Waals surface area contributed by atoms with Crippen molar-refractivity contribution in [2.45, 2.75) is 52.3 Å². The van der Waals surface area contributed by atoms with Gasteiger partial charge in [0.25, 0.3) is 0 Å². The van der Waals surface area contributed by atoms with Crippen molar-refractivity contribution < 1.29 is 9.53 Å². The summed E-state index contributed by atoms with van der Waals surface area (Å²) in [6.07, 6.45) is 2.25. The first-order valence-electron chi connectivity index (χ1n) is 7.94. The number of benzene rings is 1. The molecule has 1 amide bonds. The molecule has 1 fully saturated rings. The fraction of sp³-hybridized carbons (Fsp3) is 0.526. The van der Waals surface area contributed by atoms with E-state index in [4.69, 9.17) is 4.74 Å². The Morgan fingerprint density at radius 1 is 1.18 bits per heavy atom. The van der Waals surface area contributed by atoms with Gasteiger partial charge in [0.05, 0.1) is 12.1 Å². The Kier molecular flexibility index (Phi) is 3.44. The lowest BCUT2D eigenvalue weighted by molar-refractivity contribution is -0.166. The molecule has 0 aromatic heterocycles. The zero-order valence-electron chi connectivity index (χ0n) is 14.1. The van der Waals surface area contributed by atoms with Gasteiger partial charge < -0.3 is 9.64 Å². The molecule has 22 heavy (non-hydrogen) atoms. The lowest BCUT2D eigenvalue weighted by atomic mass is 9.79. The van der Waals surface area contributed by atoms with Crippen molar-refractivity contribution in [3.05, 3.63) is 42.0 Å². The molecule has 0 radical (unpaired) electrons. The SMILES string of the molecule is CC1(C)C(c2ccccc2)=CC2C1OCC(=O)N2C(C)(C)C. The summed E-state index contributed by atoms with van der Waals surface area (Å²) in [6.45, 7) is 10.9. The summed E-state index contributed by atoms with van der Waals surface area (Å²) in [5.41, 5.74) is 2.16. The minimum Gasteiger partial charge on any atom is -0.365 e. The zero-order valence-corrected chi connectivity index (χ0v) is 14.1. The average Bonchev–Trinajstić information content (AvgIpc) is 2.69. The fourth-order valence-corrected chi connectivity index (χ4v) is 3.87. The second-order valence-electron chi connectivity index (χ2n) is 7.82. The summed E-state index contributed by atoms with van der Waals surface area (Å²) in [4.78, 5) is 14.4. The van der Waals surface area contributed by atoms with Gasteiger partial charge in [-0.2, -0.15) is 0 Å². The highest BCUT2D eigenvalue weighted by Gasteiger charge is 2.52. The predicted octanol–water partition coefficient (Wildman–Crippen LogP) is 3.50. The molecule has 3 rings (SSSR count). The molecule has 0 saturated carbocycles. The van der Waals surface area contributed by atoms with E-state index in [2.05, 4.69) is 65.0 Å². The average molecular weight is 299 g/mol. The third kappa shape index (κ3) is 2.28. The molecule has 1 aliphatic carbocycles. The van der Waals surface area contributed by atoms with Crippen LogP contribution < -0.4 is 0 Å². The number of hydrogen-bond donors (Lipinski definition) is 0. The highest BCUT2D eigenvalue weighted by Crippen LogP contribution is 2.49. The summed E-state index contributed by atoms with van der Waals surface area (Å²) < 4.78 is 5.96. The van der Waals surface area contributed by atoms with Crippen molar-refractivity contribution in [1.29, 1.82) is 0 Å². The van der Waals surface area contributed by atoms with Gasteiger partial charge in [-0.05, 0) is 31.9 Å². The largest absolute Gasteiger partial charge is 0.365 e. The predicted molar refractivity (Wildman–Crippen MR) is 88.3 cm³/mol. The Balaban J connectivity index is 2.07. The number of carbonyl (C=O) groups is 1. The summed E-state index contributed by atoms with van der Waals surface area (Å²) in [5, 5.41) is 0. The van der Waals surface area contributed by atoms with Crippen molar-refractivity contribution in [2.24, 2.45) is 5.41 Å². The van der Waals surface area contributed by atoms with Gasteiger partial charge in [0.15, 0.2) is 0 Å². The molecule has 2 unspecified atom stereocenters. The molecule has 1 heterocycles. The van der Waals surface area contributed by atoms with Crippen LogP contribution in [0.1, 0.15) is 40.2 Å². The highest BCUT2D eigenvalue weighted by atomic mass is 16.5. The second-order valence-corrected chi connectivity index (χ2v) is 7.82.